The third kappa shape index (κ3) is 4.17. The van der Waals surface area contributed by atoms with E-state index in [0.717, 1.165) is 33.3 Å². The summed E-state index contributed by atoms with van der Waals surface area (Å²) in [4.78, 5) is 7.62. The van der Waals surface area contributed by atoms with Gasteiger partial charge in [0.25, 0.3) is 0 Å². The van der Waals surface area contributed by atoms with Gasteiger partial charge in [-0.05, 0) is 84.6 Å². The summed E-state index contributed by atoms with van der Waals surface area (Å²) in [5.41, 5.74) is 5.66. The number of imidazole rings is 1. The van der Waals surface area contributed by atoms with Gasteiger partial charge in [0.15, 0.2) is 0 Å². The largest absolute Gasteiger partial charge is 0.573 e. The van der Waals surface area contributed by atoms with E-state index in [1.807, 2.05) is 44.2 Å². The lowest BCUT2D eigenvalue weighted by Gasteiger charge is -2.09. The highest BCUT2D eigenvalue weighted by atomic mass is 19.4. The van der Waals surface area contributed by atoms with Crippen molar-refractivity contribution in [1.82, 2.24) is 9.97 Å². The lowest BCUT2D eigenvalue weighted by atomic mass is 9.99. The molecular weight excluding hydrogens is 395 g/mol. The SMILES string of the molecule is Cc1cc(-c2ccc3nc(Nc4ccc(OC(F)(F)F)cc4)[nH]c3c2)cc(C)c1O. The number of phenols is 1. The molecular formula is C22H18F3N3O2. The number of nitrogens with zero attached hydrogens (tertiary/aromatic N) is 1. The Kier molecular flexibility index (Phi) is 4.77. The van der Waals surface area contributed by atoms with E-state index in [0.29, 0.717) is 17.4 Å². The summed E-state index contributed by atoms with van der Waals surface area (Å²) >= 11 is 0. The summed E-state index contributed by atoms with van der Waals surface area (Å²) < 4.78 is 40.6. The number of aromatic amines is 1. The number of aryl methyl sites for hydroxylation is 2. The predicted octanol–water partition coefficient (Wildman–Crippen LogP) is 6.19. The number of hydrogen-bond acceptors (Lipinski definition) is 4. The third-order valence-electron chi connectivity index (χ3n) is 4.66. The molecule has 0 spiro atoms. The number of fused-ring (bicyclic) bond motifs is 1. The van der Waals surface area contributed by atoms with Crippen LogP contribution in [0.2, 0.25) is 0 Å². The Bertz CT molecular complexity index is 1190. The van der Waals surface area contributed by atoms with Crippen molar-refractivity contribution in [3.8, 4) is 22.6 Å². The van der Waals surface area contributed by atoms with Crippen LogP contribution in [0.3, 0.4) is 0 Å². The summed E-state index contributed by atoms with van der Waals surface area (Å²) in [7, 11) is 0. The smallest absolute Gasteiger partial charge is 0.507 e. The summed E-state index contributed by atoms with van der Waals surface area (Å²) in [6.07, 6.45) is -4.72. The van der Waals surface area contributed by atoms with Gasteiger partial charge < -0.3 is 20.1 Å². The zero-order valence-corrected chi connectivity index (χ0v) is 16.1. The lowest BCUT2D eigenvalue weighted by molar-refractivity contribution is -0.274. The van der Waals surface area contributed by atoms with E-state index in [9.17, 15) is 18.3 Å². The second kappa shape index (κ2) is 7.29. The van der Waals surface area contributed by atoms with E-state index in [1.54, 1.807) is 0 Å². The molecule has 1 aromatic heterocycles. The molecule has 30 heavy (non-hydrogen) atoms. The number of nitrogens with one attached hydrogen (secondary N) is 2. The quantitative estimate of drug-likeness (QED) is 0.373. The van der Waals surface area contributed by atoms with Gasteiger partial charge in [0.2, 0.25) is 5.95 Å². The van der Waals surface area contributed by atoms with Crippen LogP contribution in [0.25, 0.3) is 22.2 Å². The fraction of sp³-hybridized carbons (Fsp3) is 0.136. The highest BCUT2D eigenvalue weighted by Gasteiger charge is 2.30. The van der Waals surface area contributed by atoms with Crippen molar-refractivity contribution in [2.24, 2.45) is 0 Å². The number of benzene rings is 3. The summed E-state index contributed by atoms with van der Waals surface area (Å²) in [6, 6.07) is 15.0. The van der Waals surface area contributed by atoms with Gasteiger partial charge in [-0.2, -0.15) is 0 Å². The maximum absolute atomic E-state index is 12.3. The molecule has 0 fully saturated rings. The van der Waals surface area contributed by atoms with Crippen LogP contribution in [0.4, 0.5) is 24.8 Å². The Balaban J connectivity index is 1.57. The number of ether oxygens (including phenoxy) is 1. The number of hydrogen-bond donors (Lipinski definition) is 3. The van der Waals surface area contributed by atoms with Crippen LogP contribution in [-0.4, -0.2) is 21.4 Å². The van der Waals surface area contributed by atoms with Crippen LogP contribution in [0.15, 0.2) is 54.6 Å². The van der Waals surface area contributed by atoms with E-state index in [-0.39, 0.29) is 5.75 Å². The number of phenolic OH excluding ortho intramolecular Hbond substituents is 1. The van der Waals surface area contributed by atoms with Gasteiger partial charge in [-0.15, -0.1) is 13.2 Å². The van der Waals surface area contributed by atoms with Crippen molar-refractivity contribution >= 4 is 22.7 Å². The van der Waals surface area contributed by atoms with Crippen molar-refractivity contribution in [3.63, 3.8) is 0 Å². The highest BCUT2D eigenvalue weighted by Crippen LogP contribution is 2.31. The van der Waals surface area contributed by atoms with E-state index in [2.05, 4.69) is 20.0 Å². The molecule has 0 aliphatic carbocycles. The minimum absolute atomic E-state index is 0.290. The molecule has 0 radical (unpaired) electrons. The van der Waals surface area contributed by atoms with E-state index in [4.69, 9.17) is 0 Å². The second-order valence-electron chi connectivity index (χ2n) is 6.97. The average molecular weight is 413 g/mol. The van der Waals surface area contributed by atoms with Crippen molar-refractivity contribution in [3.05, 3.63) is 65.7 Å². The molecule has 5 nitrogen and oxygen atoms in total. The Morgan fingerprint density at radius 2 is 1.60 bits per heavy atom. The number of halogens is 3. The molecule has 0 unspecified atom stereocenters. The van der Waals surface area contributed by atoms with Gasteiger partial charge in [-0.1, -0.05) is 6.07 Å². The fourth-order valence-corrected chi connectivity index (χ4v) is 3.25. The minimum Gasteiger partial charge on any atom is -0.507 e. The number of anilines is 2. The molecule has 4 aromatic rings. The molecule has 0 bridgehead atoms. The molecule has 0 aliphatic heterocycles. The molecule has 154 valence electrons. The van der Waals surface area contributed by atoms with Gasteiger partial charge in [-0.25, -0.2) is 4.98 Å². The van der Waals surface area contributed by atoms with E-state index < -0.39 is 6.36 Å². The number of aromatic hydroxyl groups is 1. The molecule has 0 amide bonds. The fourth-order valence-electron chi connectivity index (χ4n) is 3.25. The first-order valence-electron chi connectivity index (χ1n) is 9.11. The average Bonchev–Trinajstić information content (AvgIpc) is 3.07. The maximum atomic E-state index is 12.3. The molecule has 0 atom stereocenters. The normalized spacial score (nSPS) is 11.6. The van der Waals surface area contributed by atoms with Gasteiger partial charge in [0.1, 0.15) is 11.5 Å². The summed E-state index contributed by atoms with van der Waals surface area (Å²) in [5, 5.41) is 13.0. The van der Waals surface area contributed by atoms with Crippen molar-refractivity contribution in [2.75, 3.05) is 5.32 Å². The van der Waals surface area contributed by atoms with Crippen LogP contribution >= 0.6 is 0 Å². The molecule has 8 heteroatoms. The molecule has 0 aliphatic rings. The summed E-state index contributed by atoms with van der Waals surface area (Å²) in [5.74, 6) is 0.464. The lowest BCUT2D eigenvalue weighted by Crippen LogP contribution is -2.16. The van der Waals surface area contributed by atoms with Crippen LogP contribution in [0.5, 0.6) is 11.5 Å². The van der Waals surface area contributed by atoms with Crippen molar-refractivity contribution in [1.29, 1.82) is 0 Å². The number of H-pyrrole nitrogens is 1. The van der Waals surface area contributed by atoms with Gasteiger partial charge in [0.05, 0.1) is 11.0 Å². The third-order valence-corrected chi connectivity index (χ3v) is 4.66. The number of rotatable bonds is 4. The topological polar surface area (TPSA) is 70.2 Å². The van der Waals surface area contributed by atoms with Crippen LogP contribution in [0, 0.1) is 13.8 Å². The standard InChI is InChI=1S/C22H18F3N3O2/c1-12-9-15(10-13(2)20(12)29)14-3-8-18-19(11-14)28-21(27-18)26-16-4-6-17(7-5-16)30-22(23,24)25/h3-11,29H,1-2H3,(H2,26,27,28). The van der Waals surface area contributed by atoms with Crippen LogP contribution < -0.4 is 10.1 Å². The monoisotopic (exact) mass is 413 g/mol. The van der Waals surface area contributed by atoms with Gasteiger partial charge in [-0.3, -0.25) is 0 Å². The molecule has 1 heterocycles. The second-order valence-corrected chi connectivity index (χ2v) is 6.97. The van der Waals surface area contributed by atoms with E-state index in [1.165, 1.54) is 24.3 Å². The van der Waals surface area contributed by atoms with Crippen LogP contribution in [0.1, 0.15) is 11.1 Å². The Morgan fingerprint density at radius 3 is 2.23 bits per heavy atom. The Hall–Kier alpha value is -3.68. The van der Waals surface area contributed by atoms with Crippen LogP contribution in [-0.2, 0) is 0 Å². The summed E-state index contributed by atoms with van der Waals surface area (Å²) in [6.45, 7) is 3.71. The highest BCUT2D eigenvalue weighted by molar-refractivity contribution is 5.84. The first kappa shape index (κ1) is 19.6. The molecule has 0 saturated carbocycles. The molecule has 0 saturated heterocycles. The Morgan fingerprint density at radius 1 is 0.933 bits per heavy atom. The zero-order valence-electron chi connectivity index (χ0n) is 16.1. The van der Waals surface area contributed by atoms with E-state index >= 15 is 0 Å². The maximum Gasteiger partial charge on any atom is 0.573 e. The first-order chi connectivity index (χ1) is 14.2. The molecule has 3 N–H and O–H groups in total. The molecule has 3 aromatic carbocycles. The van der Waals surface area contributed by atoms with Gasteiger partial charge in [0, 0.05) is 5.69 Å². The minimum atomic E-state index is -4.72. The Labute approximate surface area is 170 Å². The predicted molar refractivity (Wildman–Crippen MR) is 109 cm³/mol. The number of aromatic nitrogens is 2. The zero-order chi connectivity index (χ0) is 21.5. The molecule has 4 rings (SSSR count). The van der Waals surface area contributed by atoms with Gasteiger partial charge >= 0.3 is 6.36 Å². The first-order valence-corrected chi connectivity index (χ1v) is 9.11. The number of alkyl halides is 3. The van der Waals surface area contributed by atoms with Crippen molar-refractivity contribution in [2.45, 2.75) is 20.2 Å². The van der Waals surface area contributed by atoms with Crippen molar-refractivity contribution < 1.29 is 23.0 Å².